The number of hydrogen-bond donors (Lipinski definition) is 1. The number of esters is 1. The molecule has 0 aliphatic heterocycles. The second kappa shape index (κ2) is 8.18. The van der Waals surface area contributed by atoms with Crippen LogP contribution in [0, 0.1) is 5.92 Å². The zero-order valence-corrected chi connectivity index (χ0v) is 13.2. The zero-order valence-electron chi connectivity index (χ0n) is 13.2. The van der Waals surface area contributed by atoms with Crippen molar-refractivity contribution in [1.82, 2.24) is 5.32 Å². The molecule has 1 saturated carbocycles. The van der Waals surface area contributed by atoms with Crippen molar-refractivity contribution in [3.05, 3.63) is 35.9 Å². The van der Waals surface area contributed by atoms with E-state index in [4.69, 9.17) is 4.74 Å². The third kappa shape index (κ3) is 4.57. The van der Waals surface area contributed by atoms with Gasteiger partial charge < -0.3 is 10.1 Å². The van der Waals surface area contributed by atoms with E-state index in [2.05, 4.69) is 12.2 Å². The summed E-state index contributed by atoms with van der Waals surface area (Å²) >= 11 is 0. The Hall–Kier alpha value is -1.35. The van der Waals surface area contributed by atoms with Gasteiger partial charge >= 0.3 is 5.97 Å². The number of hydrogen-bond acceptors (Lipinski definition) is 3. The minimum absolute atomic E-state index is 0.156. The normalized spacial score (nSPS) is 23.5. The number of benzene rings is 1. The fourth-order valence-electron chi connectivity index (χ4n) is 3.30. The number of ether oxygens (including phenoxy) is 1. The van der Waals surface area contributed by atoms with Crippen molar-refractivity contribution >= 4 is 5.97 Å². The number of rotatable bonds is 6. The van der Waals surface area contributed by atoms with Gasteiger partial charge in [0.25, 0.3) is 0 Å². The number of nitrogens with one attached hydrogen (secondary N) is 1. The quantitative estimate of drug-likeness (QED) is 0.815. The van der Waals surface area contributed by atoms with Crippen LogP contribution in [0.1, 0.15) is 50.5 Å². The first-order valence-electron chi connectivity index (χ1n) is 8.10. The number of carbonyl (C=O) groups is 1. The van der Waals surface area contributed by atoms with Gasteiger partial charge in [-0.15, -0.1) is 0 Å². The topological polar surface area (TPSA) is 38.3 Å². The van der Waals surface area contributed by atoms with Crippen LogP contribution in [0.2, 0.25) is 0 Å². The summed E-state index contributed by atoms with van der Waals surface area (Å²) < 4.78 is 4.97. The van der Waals surface area contributed by atoms with E-state index in [1.807, 2.05) is 30.3 Å². The van der Waals surface area contributed by atoms with Crippen LogP contribution in [0.25, 0.3) is 0 Å². The van der Waals surface area contributed by atoms with Crippen molar-refractivity contribution < 1.29 is 9.53 Å². The average Bonchev–Trinajstić information content (AvgIpc) is 2.56. The molecule has 3 atom stereocenters. The molecular weight excluding hydrogens is 262 g/mol. The van der Waals surface area contributed by atoms with Gasteiger partial charge in [0, 0.05) is 12.6 Å². The monoisotopic (exact) mass is 289 g/mol. The third-order valence-corrected chi connectivity index (χ3v) is 4.66. The highest BCUT2D eigenvalue weighted by Crippen LogP contribution is 2.27. The van der Waals surface area contributed by atoms with E-state index in [0.29, 0.717) is 12.6 Å². The number of carbonyl (C=O) groups excluding carboxylic acids is 1. The summed E-state index contributed by atoms with van der Waals surface area (Å²) in [5.41, 5.74) is 1.03. The lowest BCUT2D eigenvalue weighted by atomic mass is 9.84. The molecule has 21 heavy (non-hydrogen) atoms. The molecule has 1 fully saturated rings. The van der Waals surface area contributed by atoms with Crippen molar-refractivity contribution in [3.8, 4) is 0 Å². The molecule has 0 radical (unpaired) electrons. The molecule has 3 unspecified atom stereocenters. The van der Waals surface area contributed by atoms with Crippen molar-refractivity contribution in [1.29, 1.82) is 0 Å². The maximum Gasteiger partial charge on any atom is 0.314 e. The minimum atomic E-state index is -0.210. The van der Waals surface area contributed by atoms with Crippen LogP contribution in [0.3, 0.4) is 0 Å². The van der Waals surface area contributed by atoms with Crippen molar-refractivity contribution in [2.45, 2.75) is 51.0 Å². The molecule has 116 valence electrons. The first kappa shape index (κ1) is 16.0. The molecule has 3 nitrogen and oxygen atoms in total. The predicted octanol–water partition coefficient (Wildman–Crippen LogP) is 3.50. The largest absolute Gasteiger partial charge is 0.469 e. The lowest BCUT2D eigenvalue weighted by molar-refractivity contribution is -0.142. The minimum Gasteiger partial charge on any atom is -0.469 e. The van der Waals surface area contributed by atoms with Crippen molar-refractivity contribution in [3.63, 3.8) is 0 Å². The molecule has 0 spiro atoms. The van der Waals surface area contributed by atoms with E-state index in [1.54, 1.807) is 0 Å². The van der Waals surface area contributed by atoms with Crippen LogP contribution in [-0.2, 0) is 9.53 Å². The third-order valence-electron chi connectivity index (χ3n) is 4.66. The van der Waals surface area contributed by atoms with E-state index < -0.39 is 0 Å². The van der Waals surface area contributed by atoms with Crippen LogP contribution in [0.4, 0.5) is 0 Å². The molecule has 3 heteroatoms. The SMILES string of the molecule is CCC1CCCC(NCC(C(=O)OC)c2ccccc2)C1. The van der Waals surface area contributed by atoms with Crippen LogP contribution in [0.5, 0.6) is 0 Å². The standard InChI is InChI=1S/C18H27NO2/c1-3-14-8-7-11-16(12-14)19-13-17(18(20)21-2)15-9-5-4-6-10-15/h4-6,9-10,14,16-17,19H,3,7-8,11-13H2,1-2H3. The van der Waals surface area contributed by atoms with E-state index >= 15 is 0 Å². The van der Waals surface area contributed by atoms with Crippen LogP contribution in [-0.4, -0.2) is 25.7 Å². The van der Waals surface area contributed by atoms with Gasteiger partial charge in [-0.2, -0.15) is 0 Å². The fourth-order valence-corrected chi connectivity index (χ4v) is 3.30. The summed E-state index contributed by atoms with van der Waals surface area (Å²) in [4.78, 5) is 12.0. The highest BCUT2D eigenvalue weighted by molar-refractivity contribution is 5.78. The molecule has 2 rings (SSSR count). The fraction of sp³-hybridized carbons (Fsp3) is 0.611. The summed E-state index contributed by atoms with van der Waals surface area (Å²) in [6.07, 6.45) is 6.37. The van der Waals surface area contributed by atoms with Crippen LogP contribution in [0.15, 0.2) is 30.3 Å². The number of methoxy groups -OCH3 is 1. The van der Waals surface area contributed by atoms with Gasteiger partial charge in [0.05, 0.1) is 13.0 Å². The molecule has 0 bridgehead atoms. The Bertz CT molecular complexity index is 432. The maximum atomic E-state index is 12.0. The van der Waals surface area contributed by atoms with E-state index in [0.717, 1.165) is 11.5 Å². The Balaban J connectivity index is 1.95. The molecule has 0 amide bonds. The lowest BCUT2D eigenvalue weighted by Crippen LogP contribution is -2.38. The smallest absolute Gasteiger partial charge is 0.314 e. The van der Waals surface area contributed by atoms with Gasteiger partial charge in [0.1, 0.15) is 0 Å². The molecule has 0 aromatic heterocycles. The predicted molar refractivity (Wildman–Crippen MR) is 85.2 cm³/mol. The summed E-state index contributed by atoms with van der Waals surface area (Å²) in [5, 5.41) is 3.60. The molecule has 1 aliphatic carbocycles. The van der Waals surface area contributed by atoms with Crippen LogP contribution >= 0.6 is 0 Å². The maximum absolute atomic E-state index is 12.0. The van der Waals surface area contributed by atoms with E-state index in [9.17, 15) is 4.79 Å². The summed E-state index contributed by atoms with van der Waals surface area (Å²) in [5.74, 6) is 0.472. The van der Waals surface area contributed by atoms with Gasteiger partial charge in [0.15, 0.2) is 0 Å². The van der Waals surface area contributed by atoms with Gasteiger partial charge in [-0.25, -0.2) is 0 Å². The van der Waals surface area contributed by atoms with Gasteiger partial charge in [-0.05, 0) is 24.3 Å². The van der Waals surface area contributed by atoms with Crippen molar-refractivity contribution in [2.75, 3.05) is 13.7 Å². The lowest BCUT2D eigenvalue weighted by Gasteiger charge is -2.30. The summed E-state index contributed by atoms with van der Waals surface area (Å²) in [6, 6.07) is 10.5. The second-order valence-electron chi connectivity index (χ2n) is 6.03. The van der Waals surface area contributed by atoms with E-state index in [1.165, 1.54) is 39.2 Å². The Morgan fingerprint density at radius 1 is 1.33 bits per heavy atom. The molecular formula is C18H27NO2. The molecule has 1 aromatic carbocycles. The van der Waals surface area contributed by atoms with Crippen LogP contribution < -0.4 is 5.32 Å². The first-order chi connectivity index (χ1) is 10.2. The van der Waals surface area contributed by atoms with E-state index in [-0.39, 0.29) is 11.9 Å². The Morgan fingerprint density at radius 3 is 2.76 bits per heavy atom. The van der Waals surface area contributed by atoms with Gasteiger partial charge in [-0.1, -0.05) is 56.5 Å². The Morgan fingerprint density at radius 2 is 2.10 bits per heavy atom. The second-order valence-corrected chi connectivity index (χ2v) is 6.03. The molecule has 1 aliphatic rings. The van der Waals surface area contributed by atoms with Gasteiger partial charge in [0.2, 0.25) is 0 Å². The first-order valence-corrected chi connectivity index (χ1v) is 8.10. The van der Waals surface area contributed by atoms with Gasteiger partial charge in [-0.3, -0.25) is 4.79 Å². The van der Waals surface area contributed by atoms with Crippen molar-refractivity contribution in [2.24, 2.45) is 5.92 Å². The molecule has 1 aromatic rings. The molecule has 0 saturated heterocycles. The highest BCUT2D eigenvalue weighted by Gasteiger charge is 2.25. The zero-order chi connectivity index (χ0) is 15.1. The molecule has 0 heterocycles. The average molecular weight is 289 g/mol. The Kier molecular flexibility index (Phi) is 6.24. The Labute approximate surface area is 128 Å². The highest BCUT2D eigenvalue weighted by atomic mass is 16.5. The molecule has 1 N–H and O–H groups in total. The summed E-state index contributed by atoms with van der Waals surface area (Å²) in [6.45, 7) is 2.94. The summed E-state index contributed by atoms with van der Waals surface area (Å²) in [7, 11) is 1.46.